The molecular weight excluding hydrogens is 352 g/mol. The van der Waals surface area contributed by atoms with E-state index >= 15 is 0 Å². The molecule has 1 atom stereocenters. The maximum atomic E-state index is 12.2. The largest absolute Gasteiger partial charge is 0.384 e. The van der Waals surface area contributed by atoms with Crippen LogP contribution in [0.3, 0.4) is 0 Å². The molecule has 2 aromatic rings. The molecule has 6 nitrogen and oxygen atoms in total. The van der Waals surface area contributed by atoms with E-state index in [0.29, 0.717) is 0 Å². The van der Waals surface area contributed by atoms with Crippen molar-refractivity contribution in [2.24, 2.45) is 4.99 Å². The lowest BCUT2D eigenvalue weighted by atomic mass is 10.0. The summed E-state index contributed by atoms with van der Waals surface area (Å²) >= 11 is 0. The van der Waals surface area contributed by atoms with Gasteiger partial charge < -0.3 is 15.4 Å². The van der Waals surface area contributed by atoms with E-state index in [4.69, 9.17) is 4.74 Å². The number of aryl methyl sites for hydroxylation is 1. The van der Waals surface area contributed by atoms with Gasteiger partial charge in [0.05, 0.1) is 18.9 Å². The Labute approximate surface area is 165 Å². The fourth-order valence-electron chi connectivity index (χ4n) is 3.64. The minimum atomic E-state index is -0.331. The average molecular weight is 378 g/mol. The first-order chi connectivity index (χ1) is 13.7. The Bertz CT molecular complexity index is 875. The highest BCUT2D eigenvalue weighted by atomic mass is 16.5. The van der Waals surface area contributed by atoms with Crippen molar-refractivity contribution >= 4 is 29.2 Å². The molecule has 1 amide bonds. The number of hydrogen-bond acceptors (Lipinski definition) is 5. The molecule has 0 spiro atoms. The van der Waals surface area contributed by atoms with E-state index in [1.165, 1.54) is 0 Å². The molecular formula is C22H26N4O2. The molecule has 146 valence electrons. The lowest BCUT2D eigenvalue weighted by Crippen LogP contribution is -2.39. The van der Waals surface area contributed by atoms with Gasteiger partial charge in [0.1, 0.15) is 5.92 Å². The average Bonchev–Trinajstić information content (AvgIpc) is 3.04. The van der Waals surface area contributed by atoms with Crippen molar-refractivity contribution in [3.8, 4) is 0 Å². The summed E-state index contributed by atoms with van der Waals surface area (Å²) in [6.07, 6.45) is 1.74. The molecule has 0 bridgehead atoms. The number of nitrogens with one attached hydrogen (secondary N) is 2. The Morgan fingerprint density at radius 2 is 2.07 bits per heavy atom. The van der Waals surface area contributed by atoms with Crippen LogP contribution in [0.25, 0.3) is 0 Å². The number of aliphatic imine (C=N–C) groups is 1. The topological polar surface area (TPSA) is 66.0 Å². The molecule has 1 fully saturated rings. The van der Waals surface area contributed by atoms with E-state index in [1.54, 1.807) is 6.21 Å². The summed E-state index contributed by atoms with van der Waals surface area (Å²) in [6, 6.07) is 13.9. The summed E-state index contributed by atoms with van der Waals surface area (Å²) in [6.45, 7) is 7.66. The van der Waals surface area contributed by atoms with Gasteiger partial charge in [-0.25, -0.2) is 0 Å². The van der Waals surface area contributed by atoms with Gasteiger partial charge in [0, 0.05) is 43.8 Å². The second kappa shape index (κ2) is 8.54. The van der Waals surface area contributed by atoms with Crippen molar-refractivity contribution in [1.29, 1.82) is 0 Å². The highest BCUT2D eigenvalue weighted by Gasteiger charge is 2.28. The third-order valence-corrected chi connectivity index (χ3v) is 5.27. The van der Waals surface area contributed by atoms with Crippen LogP contribution in [0, 0.1) is 6.92 Å². The van der Waals surface area contributed by atoms with Gasteiger partial charge in [0.25, 0.3) is 0 Å². The predicted octanol–water partition coefficient (Wildman–Crippen LogP) is 3.18. The van der Waals surface area contributed by atoms with E-state index < -0.39 is 0 Å². The van der Waals surface area contributed by atoms with Crippen LogP contribution in [0.2, 0.25) is 0 Å². The number of amides is 1. The molecule has 6 heteroatoms. The first kappa shape index (κ1) is 18.7. The normalized spacial score (nSPS) is 19.6. The number of fused-ring (bicyclic) bond motifs is 1. The number of carbonyl (C=O) groups is 1. The van der Waals surface area contributed by atoms with Gasteiger partial charge >= 0.3 is 0 Å². The Morgan fingerprint density at radius 1 is 1.25 bits per heavy atom. The summed E-state index contributed by atoms with van der Waals surface area (Å²) in [4.78, 5) is 19.2. The van der Waals surface area contributed by atoms with Gasteiger partial charge in [-0.15, -0.1) is 0 Å². The van der Waals surface area contributed by atoms with Crippen LogP contribution in [0.4, 0.5) is 17.1 Å². The summed E-state index contributed by atoms with van der Waals surface area (Å²) in [5.74, 6) is -0.356. The fraction of sp³-hybridized carbons (Fsp3) is 0.364. The number of benzene rings is 2. The molecule has 1 saturated heterocycles. The number of anilines is 2. The summed E-state index contributed by atoms with van der Waals surface area (Å²) in [5.41, 5.74) is 4.98. The van der Waals surface area contributed by atoms with Crippen LogP contribution >= 0.6 is 0 Å². The van der Waals surface area contributed by atoms with E-state index in [1.807, 2.05) is 36.4 Å². The van der Waals surface area contributed by atoms with Crippen LogP contribution < -0.4 is 10.6 Å². The first-order valence-electron chi connectivity index (χ1n) is 9.79. The van der Waals surface area contributed by atoms with Crippen LogP contribution in [0.1, 0.15) is 17.0 Å². The molecule has 0 radical (unpaired) electrons. The second-order valence-corrected chi connectivity index (χ2v) is 7.21. The molecule has 2 N–H and O–H groups in total. The lowest BCUT2D eigenvalue weighted by Gasteiger charge is -2.26. The van der Waals surface area contributed by atoms with E-state index in [9.17, 15) is 4.79 Å². The van der Waals surface area contributed by atoms with Gasteiger partial charge in [-0.2, -0.15) is 0 Å². The third kappa shape index (κ3) is 4.24. The van der Waals surface area contributed by atoms with Crippen LogP contribution in [-0.2, 0) is 9.53 Å². The van der Waals surface area contributed by atoms with E-state index in [0.717, 1.165) is 67.6 Å². The maximum Gasteiger partial charge on any atom is 0.237 e. The van der Waals surface area contributed by atoms with Gasteiger partial charge in [-0.05, 0) is 42.3 Å². The molecule has 0 aliphatic carbocycles. The highest BCUT2D eigenvalue weighted by molar-refractivity contribution is 6.12. The smallest absolute Gasteiger partial charge is 0.237 e. The van der Waals surface area contributed by atoms with Crippen molar-refractivity contribution in [3.05, 3.63) is 53.6 Å². The molecule has 0 saturated carbocycles. The molecule has 2 heterocycles. The molecule has 2 aliphatic rings. The molecule has 0 aromatic heterocycles. The molecule has 2 aromatic carbocycles. The van der Waals surface area contributed by atoms with Gasteiger partial charge in [-0.1, -0.05) is 18.2 Å². The number of morpholine rings is 1. The Kier molecular flexibility index (Phi) is 5.69. The summed E-state index contributed by atoms with van der Waals surface area (Å²) < 4.78 is 5.38. The molecule has 2 aliphatic heterocycles. The Hall–Kier alpha value is -2.70. The van der Waals surface area contributed by atoms with Crippen LogP contribution in [0.15, 0.2) is 47.5 Å². The van der Waals surface area contributed by atoms with Crippen molar-refractivity contribution in [1.82, 2.24) is 4.90 Å². The highest BCUT2D eigenvalue weighted by Crippen LogP contribution is 2.31. The van der Waals surface area contributed by atoms with Crippen molar-refractivity contribution < 1.29 is 9.53 Å². The minimum absolute atomic E-state index is 0.0249. The lowest BCUT2D eigenvalue weighted by molar-refractivity contribution is -0.115. The molecule has 4 rings (SSSR count). The number of ether oxygens (including phenoxy) is 1. The zero-order chi connectivity index (χ0) is 19.3. The Morgan fingerprint density at radius 3 is 2.89 bits per heavy atom. The quantitative estimate of drug-likeness (QED) is 0.758. The monoisotopic (exact) mass is 378 g/mol. The SMILES string of the molecule is Cc1cc(N=CC2C(=O)Nc3ccccc32)ccc1NCCN1CCOCC1. The van der Waals surface area contributed by atoms with Crippen molar-refractivity contribution in [2.45, 2.75) is 12.8 Å². The summed E-state index contributed by atoms with van der Waals surface area (Å²) in [7, 11) is 0. The zero-order valence-electron chi connectivity index (χ0n) is 16.1. The second-order valence-electron chi connectivity index (χ2n) is 7.21. The minimum Gasteiger partial charge on any atom is -0.384 e. The number of nitrogens with zero attached hydrogens (tertiary/aromatic N) is 2. The zero-order valence-corrected chi connectivity index (χ0v) is 16.1. The Balaban J connectivity index is 1.36. The first-order valence-corrected chi connectivity index (χ1v) is 9.79. The van der Waals surface area contributed by atoms with Gasteiger partial charge in [0.15, 0.2) is 0 Å². The fourth-order valence-corrected chi connectivity index (χ4v) is 3.64. The molecule has 1 unspecified atom stereocenters. The summed E-state index contributed by atoms with van der Waals surface area (Å²) in [5, 5.41) is 6.41. The van der Waals surface area contributed by atoms with Gasteiger partial charge in [0.2, 0.25) is 5.91 Å². The van der Waals surface area contributed by atoms with E-state index in [-0.39, 0.29) is 11.8 Å². The molecule has 28 heavy (non-hydrogen) atoms. The van der Waals surface area contributed by atoms with Crippen LogP contribution in [-0.4, -0.2) is 56.4 Å². The van der Waals surface area contributed by atoms with Crippen molar-refractivity contribution in [2.75, 3.05) is 50.0 Å². The van der Waals surface area contributed by atoms with E-state index in [2.05, 4.69) is 33.5 Å². The van der Waals surface area contributed by atoms with Gasteiger partial charge in [-0.3, -0.25) is 14.7 Å². The standard InChI is InChI=1S/C22H26N4O2/c1-16-14-17(6-7-20(16)23-8-9-26-10-12-28-13-11-26)24-15-19-18-4-2-3-5-21(18)25-22(19)27/h2-7,14-15,19,23H,8-13H2,1H3,(H,25,27). The van der Waals surface area contributed by atoms with Crippen molar-refractivity contribution in [3.63, 3.8) is 0 Å². The predicted molar refractivity (Wildman–Crippen MR) is 113 cm³/mol. The number of para-hydroxylation sites is 1. The third-order valence-electron chi connectivity index (χ3n) is 5.27. The number of hydrogen-bond donors (Lipinski definition) is 2. The maximum absolute atomic E-state index is 12.2. The number of rotatable bonds is 6. The number of carbonyl (C=O) groups excluding carboxylic acids is 1. The van der Waals surface area contributed by atoms with Crippen LogP contribution in [0.5, 0.6) is 0 Å².